The molecule has 3 rings (SSSR count). The molecule has 2 N–H and O–H groups in total. The van der Waals surface area contributed by atoms with Crippen molar-refractivity contribution in [1.29, 1.82) is 0 Å². The molecular formula is C18H18F2N2O3. The molecule has 0 aliphatic heterocycles. The fourth-order valence-corrected chi connectivity index (χ4v) is 3.04. The fraction of sp³-hybridized carbons (Fsp3) is 0.333. The second-order valence-electron chi connectivity index (χ2n) is 6.30. The van der Waals surface area contributed by atoms with Crippen LogP contribution in [0.15, 0.2) is 47.5 Å². The van der Waals surface area contributed by atoms with Gasteiger partial charge in [0.1, 0.15) is 18.2 Å². The lowest BCUT2D eigenvalue weighted by Crippen LogP contribution is -2.42. The van der Waals surface area contributed by atoms with Gasteiger partial charge in [-0.05, 0) is 24.8 Å². The molecule has 0 saturated heterocycles. The highest BCUT2D eigenvalue weighted by atomic mass is 19.1. The number of hydrogen-bond acceptors (Lipinski definition) is 3. The molecular weight excluding hydrogens is 330 g/mol. The van der Waals surface area contributed by atoms with Crippen molar-refractivity contribution in [2.45, 2.75) is 31.5 Å². The molecule has 1 atom stereocenters. The van der Waals surface area contributed by atoms with E-state index in [-0.39, 0.29) is 29.4 Å². The number of pyridine rings is 1. The van der Waals surface area contributed by atoms with Crippen LogP contribution in [0.3, 0.4) is 0 Å². The second-order valence-corrected chi connectivity index (χ2v) is 6.30. The maximum absolute atomic E-state index is 14.1. The average Bonchev–Trinajstić information content (AvgIpc) is 2.53. The second kappa shape index (κ2) is 7.14. The van der Waals surface area contributed by atoms with Crippen LogP contribution in [-0.4, -0.2) is 21.7 Å². The Bertz CT molecular complexity index is 811. The van der Waals surface area contributed by atoms with Crippen LogP contribution in [0, 0.1) is 17.6 Å². The van der Waals surface area contributed by atoms with Crippen LogP contribution < -0.4 is 10.7 Å². The van der Waals surface area contributed by atoms with E-state index < -0.39 is 23.8 Å². The predicted molar refractivity (Wildman–Crippen MR) is 86.7 cm³/mol. The van der Waals surface area contributed by atoms with Gasteiger partial charge in [-0.1, -0.05) is 6.07 Å². The van der Waals surface area contributed by atoms with Crippen molar-refractivity contribution in [3.05, 3.63) is 70.1 Å². The van der Waals surface area contributed by atoms with Crippen LogP contribution >= 0.6 is 0 Å². The van der Waals surface area contributed by atoms with E-state index in [1.807, 2.05) is 0 Å². The number of aliphatic hydroxyl groups excluding tert-OH is 1. The topological polar surface area (TPSA) is 71.3 Å². The number of nitrogens with zero attached hydrogens (tertiary/aromatic N) is 1. The first-order chi connectivity index (χ1) is 11.9. The van der Waals surface area contributed by atoms with Crippen LogP contribution in [0.5, 0.6) is 0 Å². The molecule has 0 bridgehead atoms. The van der Waals surface area contributed by atoms with Crippen molar-refractivity contribution < 1.29 is 18.7 Å². The zero-order valence-corrected chi connectivity index (χ0v) is 13.4. The van der Waals surface area contributed by atoms with E-state index >= 15 is 0 Å². The first-order valence-electron chi connectivity index (χ1n) is 8.01. The van der Waals surface area contributed by atoms with Crippen LogP contribution in [0.4, 0.5) is 8.78 Å². The van der Waals surface area contributed by atoms with Gasteiger partial charge < -0.3 is 15.0 Å². The number of amides is 1. The summed E-state index contributed by atoms with van der Waals surface area (Å²) in [6, 6.07) is 5.29. The van der Waals surface area contributed by atoms with Gasteiger partial charge in [0.25, 0.3) is 0 Å². The Kier molecular flexibility index (Phi) is 4.94. The molecule has 2 aromatic rings. The Morgan fingerprint density at radius 1 is 1.24 bits per heavy atom. The van der Waals surface area contributed by atoms with E-state index in [1.165, 1.54) is 35.2 Å². The SMILES string of the molecule is O=C(Cn1ccc(=O)cc1)NC(c1ccc(F)cc1F)C1CC(O)C1. The van der Waals surface area contributed by atoms with E-state index in [1.54, 1.807) is 0 Å². The number of carbonyl (C=O) groups excluding carboxylic acids is 1. The Hall–Kier alpha value is -2.54. The molecule has 132 valence electrons. The van der Waals surface area contributed by atoms with Crippen LogP contribution in [0.25, 0.3) is 0 Å². The van der Waals surface area contributed by atoms with Crippen LogP contribution in [-0.2, 0) is 11.3 Å². The Labute approximate surface area is 142 Å². The van der Waals surface area contributed by atoms with E-state index in [0.29, 0.717) is 12.8 Å². The molecule has 1 heterocycles. The lowest BCUT2D eigenvalue weighted by Gasteiger charge is -2.38. The zero-order chi connectivity index (χ0) is 18.0. The van der Waals surface area contributed by atoms with Crippen molar-refractivity contribution in [3.8, 4) is 0 Å². The summed E-state index contributed by atoms with van der Waals surface area (Å²) in [5.74, 6) is -1.89. The first-order valence-corrected chi connectivity index (χ1v) is 8.01. The van der Waals surface area contributed by atoms with Gasteiger partial charge in [0.05, 0.1) is 12.1 Å². The summed E-state index contributed by atoms with van der Waals surface area (Å²) in [5, 5.41) is 12.3. The summed E-state index contributed by atoms with van der Waals surface area (Å²) in [4.78, 5) is 23.4. The third-order valence-corrected chi connectivity index (χ3v) is 4.42. The third kappa shape index (κ3) is 4.11. The number of nitrogens with one attached hydrogen (secondary N) is 1. The number of hydrogen-bond donors (Lipinski definition) is 2. The van der Waals surface area contributed by atoms with E-state index in [0.717, 1.165) is 12.1 Å². The highest BCUT2D eigenvalue weighted by Gasteiger charge is 2.36. The van der Waals surface area contributed by atoms with Gasteiger partial charge in [-0.25, -0.2) is 8.78 Å². The normalized spacial score (nSPS) is 20.6. The summed E-state index contributed by atoms with van der Waals surface area (Å²) in [6.45, 7) is -0.0329. The van der Waals surface area contributed by atoms with Gasteiger partial charge in [-0.3, -0.25) is 9.59 Å². The molecule has 7 heteroatoms. The van der Waals surface area contributed by atoms with Crippen LogP contribution in [0.1, 0.15) is 24.4 Å². The molecule has 1 aromatic heterocycles. The summed E-state index contributed by atoms with van der Waals surface area (Å²) in [6.07, 6.45) is 3.40. The third-order valence-electron chi connectivity index (χ3n) is 4.42. The predicted octanol–water partition coefficient (Wildman–Crippen LogP) is 1.75. The molecule has 1 aromatic carbocycles. The van der Waals surface area contributed by atoms with Crippen molar-refractivity contribution in [3.63, 3.8) is 0 Å². The van der Waals surface area contributed by atoms with Crippen molar-refractivity contribution in [2.75, 3.05) is 0 Å². The molecule has 1 aliphatic carbocycles. The monoisotopic (exact) mass is 348 g/mol. The van der Waals surface area contributed by atoms with Crippen molar-refractivity contribution in [2.24, 2.45) is 5.92 Å². The lowest BCUT2D eigenvalue weighted by atomic mass is 9.75. The number of aliphatic hydroxyl groups is 1. The molecule has 1 unspecified atom stereocenters. The van der Waals surface area contributed by atoms with E-state index in [9.17, 15) is 23.5 Å². The lowest BCUT2D eigenvalue weighted by molar-refractivity contribution is -0.123. The van der Waals surface area contributed by atoms with Gasteiger partial charge >= 0.3 is 0 Å². The maximum atomic E-state index is 14.1. The first kappa shape index (κ1) is 17.3. The summed E-state index contributed by atoms with van der Waals surface area (Å²) < 4.78 is 28.8. The van der Waals surface area contributed by atoms with Gasteiger partial charge in [-0.15, -0.1) is 0 Å². The van der Waals surface area contributed by atoms with Gasteiger partial charge in [0.15, 0.2) is 5.43 Å². The quantitative estimate of drug-likeness (QED) is 0.865. The number of aromatic nitrogens is 1. The minimum absolute atomic E-state index is 0.0329. The fourth-order valence-electron chi connectivity index (χ4n) is 3.04. The highest BCUT2D eigenvalue weighted by molar-refractivity contribution is 5.76. The molecule has 0 radical (unpaired) electrons. The summed E-state index contributed by atoms with van der Waals surface area (Å²) >= 11 is 0. The molecule has 25 heavy (non-hydrogen) atoms. The van der Waals surface area contributed by atoms with Gasteiger partial charge in [-0.2, -0.15) is 0 Å². The Balaban J connectivity index is 1.76. The zero-order valence-electron chi connectivity index (χ0n) is 13.4. The summed E-state index contributed by atoms with van der Waals surface area (Å²) in [7, 11) is 0. The molecule has 1 saturated carbocycles. The molecule has 1 fully saturated rings. The smallest absolute Gasteiger partial charge is 0.240 e. The van der Waals surface area contributed by atoms with Crippen molar-refractivity contribution >= 4 is 5.91 Å². The highest BCUT2D eigenvalue weighted by Crippen LogP contribution is 2.39. The average molecular weight is 348 g/mol. The molecule has 1 aliphatic rings. The number of benzene rings is 1. The van der Waals surface area contributed by atoms with Gasteiger partial charge in [0.2, 0.25) is 5.91 Å². The maximum Gasteiger partial charge on any atom is 0.240 e. The Morgan fingerprint density at radius 2 is 1.92 bits per heavy atom. The van der Waals surface area contributed by atoms with Crippen LogP contribution in [0.2, 0.25) is 0 Å². The molecule has 5 nitrogen and oxygen atoms in total. The molecule has 1 amide bonds. The van der Waals surface area contributed by atoms with E-state index in [4.69, 9.17) is 0 Å². The minimum Gasteiger partial charge on any atom is -0.393 e. The van der Waals surface area contributed by atoms with Gasteiger partial charge in [0, 0.05) is 36.2 Å². The van der Waals surface area contributed by atoms with Crippen molar-refractivity contribution in [1.82, 2.24) is 9.88 Å². The van der Waals surface area contributed by atoms with E-state index in [2.05, 4.69) is 5.32 Å². The minimum atomic E-state index is -0.727. The standard InChI is InChI=1S/C18H18F2N2O3/c19-12-1-2-15(16(20)9-12)18(11-7-14(24)8-11)21-17(25)10-22-5-3-13(23)4-6-22/h1-6,9,11,14,18,24H,7-8,10H2,(H,21,25). The summed E-state index contributed by atoms with van der Waals surface area (Å²) in [5.41, 5.74) is 0.0397. The number of halogens is 2. The largest absolute Gasteiger partial charge is 0.393 e. The number of carbonyl (C=O) groups is 1. The molecule has 0 spiro atoms. The number of rotatable bonds is 5. The Morgan fingerprint density at radius 3 is 2.52 bits per heavy atom.